The molecule has 3 rings (SSSR count). The van der Waals surface area contributed by atoms with Gasteiger partial charge in [-0.05, 0) is 26.8 Å². The zero-order valence-electron chi connectivity index (χ0n) is 15.1. The van der Waals surface area contributed by atoms with Crippen LogP contribution in [0.1, 0.15) is 26.3 Å². The number of anilines is 1. The van der Waals surface area contributed by atoms with Crippen molar-refractivity contribution < 1.29 is 18.3 Å². The number of benzene rings is 1. The molecule has 1 saturated heterocycles. The molecule has 1 N–H and O–H groups in total. The van der Waals surface area contributed by atoms with E-state index in [2.05, 4.69) is 15.3 Å². The summed E-state index contributed by atoms with van der Waals surface area (Å²) in [6, 6.07) is 5.60. The molecule has 0 unspecified atom stereocenters. The topological polar surface area (TPSA) is 56.3 Å². The van der Waals surface area contributed by atoms with Crippen LogP contribution in [-0.4, -0.2) is 34.5 Å². The van der Waals surface area contributed by atoms with E-state index in [0.717, 1.165) is 6.07 Å². The first-order valence-electron chi connectivity index (χ1n) is 8.42. The second kappa shape index (κ2) is 8.26. The first-order chi connectivity index (χ1) is 12.7. The van der Waals surface area contributed by atoms with Gasteiger partial charge in [-0.3, -0.25) is 0 Å². The van der Waals surface area contributed by atoms with E-state index in [4.69, 9.17) is 21.1 Å². The summed E-state index contributed by atoms with van der Waals surface area (Å²) in [5, 5.41) is 3.85. The molecule has 0 amide bonds. The molecule has 27 heavy (non-hydrogen) atoms. The van der Waals surface area contributed by atoms with E-state index in [9.17, 15) is 8.78 Å². The number of hydrogen-bond donors (Lipinski definition) is 1. The van der Waals surface area contributed by atoms with Crippen molar-refractivity contribution in [2.75, 3.05) is 11.9 Å². The molecule has 0 bridgehead atoms. The second-order valence-electron chi connectivity index (χ2n) is 6.66. The standard InChI is InChI=1S/C18H20ClF2N3O2S/c1-10(13-8-25-18(2,3)26-13)22-15-7-14(19)23-17(24-15)27-9-11-5-4-6-12(20)16(11)21/h4-7,10,13H,8-9H2,1-3H3,(H,22,23,24)/t10-,13+/m1/s1. The smallest absolute Gasteiger partial charge is 0.191 e. The lowest BCUT2D eigenvalue weighted by atomic mass is 10.2. The van der Waals surface area contributed by atoms with Crippen LogP contribution in [0.5, 0.6) is 0 Å². The van der Waals surface area contributed by atoms with Gasteiger partial charge in [0.15, 0.2) is 22.6 Å². The summed E-state index contributed by atoms with van der Waals surface area (Å²) in [7, 11) is 0. The van der Waals surface area contributed by atoms with Crippen molar-refractivity contribution in [2.45, 2.75) is 49.6 Å². The SMILES string of the molecule is C[C@@H](Nc1cc(Cl)nc(SCc2cccc(F)c2F)n1)[C@@H]1COC(C)(C)O1. The highest BCUT2D eigenvalue weighted by Crippen LogP contribution is 2.27. The van der Waals surface area contributed by atoms with E-state index >= 15 is 0 Å². The molecule has 0 saturated carbocycles. The van der Waals surface area contributed by atoms with E-state index in [1.54, 1.807) is 6.07 Å². The summed E-state index contributed by atoms with van der Waals surface area (Å²) < 4.78 is 38.5. The minimum atomic E-state index is -0.877. The fourth-order valence-corrected chi connectivity index (χ4v) is 3.69. The third-order valence-corrected chi connectivity index (χ3v) is 5.12. The van der Waals surface area contributed by atoms with Gasteiger partial charge in [0.2, 0.25) is 0 Å². The van der Waals surface area contributed by atoms with Crippen molar-refractivity contribution in [3.05, 3.63) is 46.6 Å². The summed E-state index contributed by atoms with van der Waals surface area (Å²) >= 11 is 7.26. The van der Waals surface area contributed by atoms with Gasteiger partial charge in [0.1, 0.15) is 17.1 Å². The normalized spacial score (nSPS) is 19.9. The third kappa shape index (κ3) is 5.28. The summed E-state index contributed by atoms with van der Waals surface area (Å²) in [5.74, 6) is -1.64. The van der Waals surface area contributed by atoms with E-state index in [0.29, 0.717) is 17.6 Å². The molecular weight excluding hydrogens is 396 g/mol. The van der Waals surface area contributed by atoms with E-state index < -0.39 is 17.4 Å². The van der Waals surface area contributed by atoms with Gasteiger partial charge in [0, 0.05) is 17.4 Å². The molecule has 0 spiro atoms. The highest BCUT2D eigenvalue weighted by molar-refractivity contribution is 7.98. The van der Waals surface area contributed by atoms with Gasteiger partial charge in [0.25, 0.3) is 0 Å². The summed E-state index contributed by atoms with van der Waals surface area (Å²) in [4.78, 5) is 8.53. The molecule has 2 aromatic rings. The quantitative estimate of drug-likeness (QED) is 0.421. The molecule has 2 atom stereocenters. The van der Waals surface area contributed by atoms with Crippen LogP contribution in [0.4, 0.5) is 14.6 Å². The van der Waals surface area contributed by atoms with Gasteiger partial charge in [0.05, 0.1) is 12.6 Å². The maximum atomic E-state index is 13.8. The Balaban J connectivity index is 1.66. The predicted molar refractivity (Wildman–Crippen MR) is 101 cm³/mol. The van der Waals surface area contributed by atoms with Crippen molar-refractivity contribution in [1.82, 2.24) is 9.97 Å². The Labute approximate surface area is 165 Å². The van der Waals surface area contributed by atoms with Crippen LogP contribution in [0.3, 0.4) is 0 Å². The molecule has 146 valence electrons. The van der Waals surface area contributed by atoms with Crippen LogP contribution in [0, 0.1) is 11.6 Å². The first kappa shape index (κ1) is 20.3. The van der Waals surface area contributed by atoms with E-state index in [1.807, 2.05) is 20.8 Å². The molecule has 2 heterocycles. The molecule has 1 fully saturated rings. The number of hydrogen-bond acceptors (Lipinski definition) is 6. The molecule has 1 aliphatic rings. The predicted octanol–water partition coefficient (Wildman–Crippen LogP) is 4.65. The Morgan fingerprint density at radius 2 is 2.15 bits per heavy atom. The second-order valence-corrected chi connectivity index (χ2v) is 7.99. The van der Waals surface area contributed by atoms with Gasteiger partial charge in [-0.15, -0.1) is 0 Å². The zero-order valence-corrected chi connectivity index (χ0v) is 16.7. The lowest BCUT2D eigenvalue weighted by Gasteiger charge is -2.22. The van der Waals surface area contributed by atoms with E-state index in [1.165, 1.54) is 23.9 Å². The Morgan fingerprint density at radius 3 is 2.85 bits per heavy atom. The highest BCUT2D eigenvalue weighted by atomic mass is 35.5. The van der Waals surface area contributed by atoms with Crippen molar-refractivity contribution in [3.8, 4) is 0 Å². The molecule has 5 nitrogen and oxygen atoms in total. The number of rotatable bonds is 6. The Bertz CT molecular complexity index is 825. The van der Waals surface area contributed by atoms with E-state index in [-0.39, 0.29) is 28.6 Å². The number of thioether (sulfide) groups is 1. The molecule has 0 aliphatic carbocycles. The molecular formula is C18H20ClF2N3O2S. The summed E-state index contributed by atoms with van der Waals surface area (Å²) in [5.41, 5.74) is 0.241. The lowest BCUT2D eigenvalue weighted by molar-refractivity contribution is -0.139. The third-order valence-electron chi connectivity index (χ3n) is 4.03. The molecule has 0 radical (unpaired) electrons. The van der Waals surface area contributed by atoms with Crippen molar-refractivity contribution in [1.29, 1.82) is 0 Å². The first-order valence-corrected chi connectivity index (χ1v) is 9.78. The fraction of sp³-hybridized carbons (Fsp3) is 0.444. The number of ether oxygens (including phenoxy) is 2. The number of aromatic nitrogens is 2. The monoisotopic (exact) mass is 415 g/mol. The highest BCUT2D eigenvalue weighted by Gasteiger charge is 2.35. The van der Waals surface area contributed by atoms with Crippen LogP contribution in [0.25, 0.3) is 0 Å². The van der Waals surface area contributed by atoms with Gasteiger partial charge in [-0.2, -0.15) is 0 Å². The molecule has 1 aliphatic heterocycles. The van der Waals surface area contributed by atoms with Crippen LogP contribution < -0.4 is 5.32 Å². The molecule has 9 heteroatoms. The average molecular weight is 416 g/mol. The zero-order chi connectivity index (χ0) is 19.6. The van der Waals surface area contributed by atoms with Crippen molar-refractivity contribution >= 4 is 29.2 Å². The Hall–Kier alpha value is -1.48. The van der Waals surface area contributed by atoms with Crippen molar-refractivity contribution in [2.24, 2.45) is 0 Å². The number of nitrogens with zero attached hydrogens (tertiary/aromatic N) is 2. The largest absolute Gasteiger partial charge is 0.365 e. The van der Waals surface area contributed by atoms with Gasteiger partial charge in [-0.25, -0.2) is 18.7 Å². The van der Waals surface area contributed by atoms with Gasteiger partial charge < -0.3 is 14.8 Å². The fourth-order valence-electron chi connectivity index (χ4n) is 2.63. The summed E-state index contributed by atoms with van der Waals surface area (Å²) in [6.45, 7) is 6.16. The number of halogens is 3. The molecule has 1 aromatic carbocycles. The average Bonchev–Trinajstić information content (AvgIpc) is 2.96. The summed E-state index contributed by atoms with van der Waals surface area (Å²) in [6.07, 6.45) is -0.133. The van der Waals surface area contributed by atoms with Crippen LogP contribution in [0.2, 0.25) is 5.15 Å². The van der Waals surface area contributed by atoms with Crippen LogP contribution in [-0.2, 0) is 15.2 Å². The maximum absolute atomic E-state index is 13.8. The lowest BCUT2D eigenvalue weighted by Crippen LogP contribution is -2.34. The van der Waals surface area contributed by atoms with Crippen LogP contribution >= 0.6 is 23.4 Å². The number of nitrogens with one attached hydrogen (secondary N) is 1. The maximum Gasteiger partial charge on any atom is 0.191 e. The van der Waals surface area contributed by atoms with Gasteiger partial charge >= 0.3 is 0 Å². The Morgan fingerprint density at radius 1 is 1.37 bits per heavy atom. The van der Waals surface area contributed by atoms with Crippen LogP contribution in [0.15, 0.2) is 29.4 Å². The minimum absolute atomic E-state index is 0.0729. The van der Waals surface area contributed by atoms with Crippen molar-refractivity contribution in [3.63, 3.8) is 0 Å². The minimum Gasteiger partial charge on any atom is -0.365 e. The Kier molecular flexibility index (Phi) is 6.20. The molecule has 1 aromatic heterocycles. The van der Waals surface area contributed by atoms with Gasteiger partial charge in [-0.1, -0.05) is 35.5 Å².